The fourth-order valence-electron chi connectivity index (χ4n) is 2.72. The Morgan fingerprint density at radius 1 is 1.23 bits per heavy atom. The summed E-state index contributed by atoms with van der Waals surface area (Å²) < 4.78 is 32.5. The van der Waals surface area contributed by atoms with Gasteiger partial charge in [-0.2, -0.15) is 0 Å². The summed E-state index contributed by atoms with van der Waals surface area (Å²) in [4.78, 5) is 12.0. The summed E-state index contributed by atoms with van der Waals surface area (Å²) in [6.07, 6.45) is 4.17. The van der Waals surface area contributed by atoms with E-state index in [0.717, 1.165) is 37.2 Å². The first-order valence-electron chi connectivity index (χ1n) is 7.87. The van der Waals surface area contributed by atoms with Crippen LogP contribution in [0.2, 0.25) is 0 Å². The number of aliphatic hydroxyl groups is 1. The van der Waals surface area contributed by atoms with Gasteiger partial charge in [-0.15, -0.1) is 0 Å². The zero-order chi connectivity index (χ0) is 18.2. The monoisotopic (exact) mass is 386 g/mol. The van der Waals surface area contributed by atoms with Gasteiger partial charge in [-0.3, -0.25) is 4.79 Å². The number of urea groups is 1. The van der Waals surface area contributed by atoms with Crippen LogP contribution in [0.15, 0.2) is 40.0 Å². The first-order chi connectivity index (χ1) is 11.6. The van der Waals surface area contributed by atoms with Gasteiger partial charge in [-0.05, 0) is 49.9 Å². The number of fused-ring (bicyclic) bond motifs is 1. The first-order valence-corrected chi connectivity index (χ1v) is 9.31. The Balaban J connectivity index is 0.00000243. The molecule has 0 saturated heterocycles. The maximum absolute atomic E-state index is 12.2. The molecule has 9 heteroatoms. The smallest absolute Gasteiger partial charge is 0.452 e. The number of amides is 2. The number of nitrogens with zero attached hydrogens (tertiary/aromatic N) is 1. The van der Waals surface area contributed by atoms with E-state index in [-0.39, 0.29) is 35.1 Å². The second-order valence-electron chi connectivity index (χ2n) is 6.55. The average Bonchev–Trinajstić information content (AvgIpc) is 3.15. The largest absolute Gasteiger partial charge is 1.00 e. The van der Waals surface area contributed by atoms with Gasteiger partial charge in [-0.25, -0.2) is 8.42 Å². The summed E-state index contributed by atoms with van der Waals surface area (Å²) in [7, 11) is -4.30. The molecule has 0 fully saturated rings. The average molecular weight is 386 g/mol. The molecule has 0 saturated carbocycles. The van der Waals surface area contributed by atoms with E-state index >= 15 is 0 Å². The topological polar surface area (TPSA) is 111 Å². The minimum absolute atomic E-state index is 0. The Morgan fingerprint density at radius 3 is 2.58 bits per heavy atom. The molecule has 7 nitrogen and oxygen atoms in total. The zero-order valence-corrected chi connectivity index (χ0v) is 17.8. The van der Waals surface area contributed by atoms with E-state index in [0.29, 0.717) is 5.69 Å². The van der Waals surface area contributed by atoms with Crippen LogP contribution < -0.4 is 34.9 Å². The number of carbonyl (C=O) groups excluding carboxylic acids is 1. The van der Waals surface area contributed by atoms with Gasteiger partial charge in [0.1, 0.15) is 0 Å². The molecule has 2 aromatic rings. The molecule has 0 radical (unpaired) electrons. The van der Waals surface area contributed by atoms with Gasteiger partial charge in [-0.1, -0.05) is 18.2 Å². The van der Waals surface area contributed by atoms with Gasteiger partial charge in [0.05, 0.1) is 11.9 Å². The van der Waals surface area contributed by atoms with Crippen LogP contribution in [-0.2, 0) is 28.5 Å². The Labute approximate surface area is 174 Å². The number of aryl methyl sites for hydroxylation is 2. The predicted molar refractivity (Wildman–Crippen MR) is 92.0 cm³/mol. The molecule has 0 unspecified atom stereocenters. The molecule has 1 aromatic heterocycles. The molecule has 1 aliphatic carbocycles. The number of carbonyl (C=O) groups is 1. The molecule has 1 aliphatic rings. The number of hydrogen-bond donors (Lipinski definition) is 2. The minimum atomic E-state index is -4.30. The van der Waals surface area contributed by atoms with Crippen LogP contribution in [0.5, 0.6) is 0 Å². The van der Waals surface area contributed by atoms with E-state index < -0.39 is 26.7 Å². The first kappa shape index (κ1) is 21.0. The predicted octanol–water partition coefficient (Wildman–Crippen LogP) is 0.294. The van der Waals surface area contributed by atoms with E-state index in [2.05, 4.69) is 10.0 Å². The normalized spacial score (nSPS) is 13.7. The Bertz CT molecular complexity index is 915. The van der Waals surface area contributed by atoms with Crippen LogP contribution in [0.3, 0.4) is 0 Å². The molecule has 0 atom stereocenters. The van der Waals surface area contributed by atoms with Crippen molar-refractivity contribution < 1.29 is 52.3 Å². The Kier molecular flexibility index (Phi) is 6.24. The Hall–Kier alpha value is -1.32. The van der Waals surface area contributed by atoms with Crippen molar-refractivity contribution >= 4 is 21.7 Å². The molecule has 2 N–H and O–H groups in total. The van der Waals surface area contributed by atoms with Crippen molar-refractivity contribution in [2.24, 2.45) is 0 Å². The van der Waals surface area contributed by atoms with Crippen LogP contribution in [0.25, 0.3) is 4.72 Å². The maximum atomic E-state index is 12.2. The summed E-state index contributed by atoms with van der Waals surface area (Å²) in [5, 5.41) is 11.8. The molecule has 3 rings (SSSR count). The number of rotatable bonds is 4. The third kappa shape index (κ3) is 4.69. The fourth-order valence-corrected chi connectivity index (χ4v) is 3.52. The van der Waals surface area contributed by atoms with E-state index in [1.54, 1.807) is 6.07 Å². The van der Waals surface area contributed by atoms with Crippen molar-refractivity contribution in [2.45, 2.75) is 43.8 Å². The van der Waals surface area contributed by atoms with Gasteiger partial charge in [0, 0.05) is 11.6 Å². The van der Waals surface area contributed by atoms with Crippen LogP contribution in [0.1, 0.15) is 37.0 Å². The third-order valence-corrected chi connectivity index (χ3v) is 5.22. The van der Waals surface area contributed by atoms with Gasteiger partial charge < -0.3 is 19.6 Å². The SMILES string of the molecule is CC(C)(O)c1coc(S(=O)(=O)[N-]C(=O)Nc2ccc3c(c2)CCC3)c1.[Na+]. The van der Waals surface area contributed by atoms with Crippen LogP contribution in [0.4, 0.5) is 10.5 Å². The van der Waals surface area contributed by atoms with Crippen LogP contribution in [0, 0.1) is 0 Å². The summed E-state index contributed by atoms with van der Waals surface area (Å²) in [5.41, 5.74) is 1.92. The van der Waals surface area contributed by atoms with Gasteiger partial charge >= 0.3 is 29.6 Å². The van der Waals surface area contributed by atoms with Crippen molar-refractivity contribution in [1.82, 2.24) is 0 Å². The van der Waals surface area contributed by atoms with Gasteiger partial charge in [0.2, 0.25) is 15.1 Å². The summed E-state index contributed by atoms with van der Waals surface area (Å²) in [6, 6.07) is 5.64. The molecule has 0 aliphatic heterocycles. The molecule has 0 spiro atoms. The molecule has 26 heavy (non-hydrogen) atoms. The molecule has 134 valence electrons. The molecule has 1 heterocycles. The minimum Gasteiger partial charge on any atom is -0.452 e. The second-order valence-corrected chi connectivity index (χ2v) is 8.08. The number of anilines is 1. The van der Waals surface area contributed by atoms with E-state index in [1.807, 2.05) is 12.1 Å². The van der Waals surface area contributed by atoms with Crippen molar-refractivity contribution in [3.8, 4) is 0 Å². The van der Waals surface area contributed by atoms with Gasteiger partial charge in [0.25, 0.3) is 0 Å². The number of hydrogen-bond acceptors (Lipinski definition) is 5. The molecular weight excluding hydrogens is 367 g/mol. The van der Waals surface area contributed by atoms with Crippen LogP contribution in [-0.4, -0.2) is 19.6 Å². The number of benzene rings is 1. The third-order valence-electron chi connectivity index (χ3n) is 4.09. The van der Waals surface area contributed by atoms with Crippen molar-refractivity contribution in [3.63, 3.8) is 0 Å². The Morgan fingerprint density at radius 2 is 1.92 bits per heavy atom. The van der Waals surface area contributed by atoms with Crippen molar-refractivity contribution in [2.75, 3.05) is 5.32 Å². The molecular formula is C17H19N2NaO5S. The van der Waals surface area contributed by atoms with E-state index in [9.17, 15) is 18.3 Å². The number of furan rings is 1. The summed E-state index contributed by atoms with van der Waals surface area (Å²) in [5.74, 6) is 0. The van der Waals surface area contributed by atoms with E-state index in [4.69, 9.17) is 4.42 Å². The van der Waals surface area contributed by atoms with Crippen LogP contribution >= 0.6 is 0 Å². The number of nitrogens with one attached hydrogen (secondary N) is 1. The zero-order valence-electron chi connectivity index (χ0n) is 14.9. The summed E-state index contributed by atoms with van der Waals surface area (Å²) in [6.45, 7) is 2.98. The second kappa shape index (κ2) is 7.74. The van der Waals surface area contributed by atoms with E-state index in [1.165, 1.54) is 19.4 Å². The molecule has 1 aromatic carbocycles. The van der Waals surface area contributed by atoms with Crippen molar-refractivity contribution in [1.29, 1.82) is 0 Å². The fraction of sp³-hybridized carbons (Fsp3) is 0.353. The molecule has 0 bridgehead atoms. The maximum Gasteiger partial charge on any atom is 1.00 e. The number of sulfonamides is 1. The van der Waals surface area contributed by atoms with Crippen molar-refractivity contribution in [3.05, 3.63) is 51.9 Å². The summed E-state index contributed by atoms with van der Waals surface area (Å²) >= 11 is 0. The molecule has 2 amide bonds. The van der Waals surface area contributed by atoms with Gasteiger partial charge in [0.15, 0.2) is 6.03 Å². The standard InChI is InChI=1S/C17H20N2O5S.Na/c1-17(2,21)13-9-15(24-10-13)25(22,23)19-16(20)18-14-7-6-11-4-3-5-12(11)8-14;/h6-10,21H,3-5H2,1-2H3,(H2,18,19,20);/q;+1/p-1. The quantitative estimate of drug-likeness (QED) is 0.734.